The Balaban J connectivity index is 1.18. The first-order valence-electron chi connectivity index (χ1n) is 14.4. The van der Waals surface area contributed by atoms with Gasteiger partial charge in [0.2, 0.25) is 11.8 Å². The lowest BCUT2D eigenvalue weighted by Gasteiger charge is -2.34. The Morgan fingerprint density at radius 1 is 1.12 bits per heavy atom. The van der Waals surface area contributed by atoms with Crippen LogP contribution >= 0.6 is 0 Å². The molecule has 0 spiro atoms. The van der Waals surface area contributed by atoms with Gasteiger partial charge in [0.15, 0.2) is 0 Å². The Morgan fingerprint density at radius 3 is 2.83 bits per heavy atom. The summed E-state index contributed by atoms with van der Waals surface area (Å²) in [7, 11) is 0. The summed E-state index contributed by atoms with van der Waals surface area (Å²) in [4.78, 5) is 50.5. The highest BCUT2D eigenvalue weighted by Crippen LogP contribution is 2.43. The van der Waals surface area contributed by atoms with Gasteiger partial charge in [0.1, 0.15) is 24.2 Å². The van der Waals surface area contributed by atoms with E-state index in [1.165, 1.54) is 0 Å². The Hall–Kier alpha value is -4.47. The molecule has 10 nitrogen and oxygen atoms in total. The molecular formula is C31H33N7O3. The molecule has 3 amide bonds. The minimum absolute atomic E-state index is 0.0148. The van der Waals surface area contributed by atoms with Crippen LogP contribution in [0.2, 0.25) is 0 Å². The van der Waals surface area contributed by atoms with E-state index in [0.717, 1.165) is 73.4 Å². The number of nitrogens with zero attached hydrogens (tertiary/aromatic N) is 5. The molecule has 1 saturated carbocycles. The molecule has 4 aromatic rings. The van der Waals surface area contributed by atoms with Gasteiger partial charge in [-0.1, -0.05) is 12.1 Å². The lowest BCUT2D eigenvalue weighted by atomic mass is 9.97. The van der Waals surface area contributed by atoms with Crippen molar-refractivity contribution in [2.45, 2.75) is 70.6 Å². The minimum Gasteiger partial charge on any atom is -0.366 e. The third-order valence-electron chi connectivity index (χ3n) is 9.00. The molecule has 1 aromatic carbocycles. The molecule has 1 aliphatic carbocycles. The molecule has 5 heterocycles. The van der Waals surface area contributed by atoms with Gasteiger partial charge in [-0.25, -0.2) is 9.97 Å². The van der Waals surface area contributed by atoms with Gasteiger partial charge in [-0.2, -0.15) is 0 Å². The number of carbonyl (C=O) groups is 3. The van der Waals surface area contributed by atoms with Gasteiger partial charge in [-0.3, -0.25) is 14.4 Å². The van der Waals surface area contributed by atoms with E-state index in [0.29, 0.717) is 16.8 Å². The average Bonchev–Trinajstić information content (AvgIpc) is 3.75. The number of carbonyl (C=O) groups excluding carboxylic acids is 3. The lowest BCUT2D eigenvalue weighted by molar-refractivity contribution is -0.141. The third kappa shape index (κ3) is 4.38. The number of nitrogens with one attached hydrogen (secondary N) is 1. The fourth-order valence-electron chi connectivity index (χ4n) is 7.15. The van der Waals surface area contributed by atoms with Crippen LogP contribution in [0.15, 0.2) is 48.8 Å². The molecule has 7 rings (SSSR count). The average molecular weight is 552 g/mol. The van der Waals surface area contributed by atoms with Crippen molar-refractivity contribution in [3.05, 3.63) is 65.9 Å². The van der Waals surface area contributed by atoms with Crippen LogP contribution in [0.25, 0.3) is 22.2 Å². The molecule has 3 aromatic heterocycles. The van der Waals surface area contributed by atoms with Crippen molar-refractivity contribution in [3.8, 4) is 11.3 Å². The van der Waals surface area contributed by atoms with Crippen LogP contribution in [-0.2, 0) is 29.1 Å². The number of aromatic nitrogens is 4. The van der Waals surface area contributed by atoms with Gasteiger partial charge in [-0.15, -0.1) is 0 Å². The van der Waals surface area contributed by atoms with Gasteiger partial charge in [0, 0.05) is 47.4 Å². The number of hydrogen-bond acceptors (Lipinski definition) is 5. The molecule has 2 unspecified atom stereocenters. The van der Waals surface area contributed by atoms with E-state index in [4.69, 9.17) is 5.73 Å². The van der Waals surface area contributed by atoms with Crippen LogP contribution in [0.1, 0.15) is 54.0 Å². The van der Waals surface area contributed by atoms with Crippen molar-refractivity contribution in [3.63, 3.8) is 0 Å². The zero-order chi connectivity index (χ0) is 28.2. The van der Waals surface area contributed by atoms with Crippen molar-refractivity contribution in [2.75, 3.05) is 5.32 Å². The number of likely N-dealkylation sites (tertiary alicyclic amines) is 1. The summed E-state index contributed by atoms with van der Waals surface area (Å²) in [5, 5.41) is 3.63. The van der Waals surface area contributed by atoms with E-state index in [1.807, 2.05) is 43.5 Å². The first-order chi connectivity index (χ1) is 19.9. The predicted molar refractivity (Wildman–Crippen MR) is 154 cm³/mol. The van der Waals surface area contributed by atoms with Crippen LogP contribution < -0.4 is 11.1 Å². The minimum atomic E-state index is -0.545. The lowest BCUT2D eigenvalue weighted by Crippen LogP contribution is -2.51. The van der Waals surface area contributed by atoms with Crippen LogP contribution in [-0.4, -0.2) is 53.8 Å². The first-order valence-corrected chi connectivity index (χ1v) is 14.4. The molecule has 41 heavy (non-hydrogen) atoms. The van der Waals surface area contributed by atoms with E-state index in [1.54, 1.807) is 21.7 Å². The van der Waals surface area contributed by atoms with E-state index in [2.05, 4.69) is 19.9 Å². The number of imidazole rings is 1. The highest BCUT2D eigenvalue weighted by Gasteiger charge is 2.51. The summed E-state index contributed by atoms with van der Waals surface area (Å²) in [5.41, 5.74) is 9.71. The fourth-order valence-corrected chi connectivity index (χ4v) is 7.15. The number of aryl methyl sites for hydroxylation is 2. The van der Waals surface area contributed by atoms with Crippen LogP contribution in [0.3, 0.4) is 0 Å². The van der Waals surface area contributed by atoms with Crippen molar-refractivity contribution in [1.29, 1.82) is 0 Å². The van der Waals surface area contributed by atoms with E-state index in [9.17, 15) is 14.4 Å². The van der Waals surface area contributed by atoms with Gasteiger partial charge < -0.3 is 25.1 Å². The quantitative estimate of drug-likeness (QED) is 0.378. The maximum absolute atomic E-state index is 13.8. The standard InChI is InChI=1S/C31H33N7O3/c1-18-5-4-6-26(34-18)35-31(41)29-20-8-10-21(13-20)38(29)28(39)17-36-16-23(30(32)40)22-14-19(9-11-24(22)36)25-15-33-27-7-2-3-12-37(25)27/h4-6,9,11,14-16,20-21,29H,2-3,7-8,10,12-13,17H2,1H3,(H2,32,40)(H,34,35,41)/t20?,21?,29-/m0/s1. The number of piperidine rings is 1. The van der Waals surface area contributed by atoms with Crippen molar-refractivity contribution < 1.29 is 14.4 Å². The first kappa shape index (κ1) is 25.5. The summed E-state index contributed by atoms with van der Waals surface area (Å²) in [5.74, 6) is 0.811. The molecule has 210 valence electrons. The molecule has 3 aliphatic rings. The summed E-state index contributed by atoms with van der Waals surface area (Å²) in [6, 6.07) is 10.9. The largest absolute Gasteiger partial charge is 0.366 e. The second-order valence-electron chi connectivity index (χ2n) is 11.6. The monoisotopic (exact) mass is 551 g/mol. The number of fused-ring (bicyclic) bond motifs is 4. The molecule has 0 radical (unpaired) electrons. The highest BCUT2D eigenvalue weighted by atomic mass is 16.2. The molecule has 2 bridgehead atoms. The van der Waals surface area contributed by atoms with Crippen LogP contribution in [0, 0.1) is 12.8 Å². The van der Waals surface area contributed by atoms with Crippen LogP contribution in [0.5, 0.6) is 0 Å². The number of amides is 3. The highest BCUT2D eigenvalue weighted by molar-refractivity contribution is 6.07. The molecule has 10 heteroatoms. The molecule has 1 saturated heterocycles. The van der Waals surface area contributed by atoms with E-state index >= 15 is 0 Å². The predicted octanol–water partition coefficient (Wildman–Crippen LogP) is 3.66. The van der Waals surface area contributed by atoms with Gasteiger partial charge in [0.25, 0.3) is 5.91 Å². The summed E-state index contributed by atoms with van der Waals surface area (Å²) >= 11 is 0. The van der Waals surface area contributed by atoms with Crippen molar-refractivity contribution in [1.82, 2.24) is 24.0 Å². The number of nitrogens with two attached hydrogens (primary N) is 1. The third-order valence-corrected chi connectivity index (χ3v) is 9.00. The number of primary amides is 1. The summed E-state index contributed by atoms with van der Waals surface area (Å²) in [6.07, 6.45) is 9.42. The maximum atomic E-state index is 13.8. The number of benzene rings is 1. The number of rotatable bonds is 6. The van der Waals surface area contributed by atoms with Crippen molar-refractivity contribution in [2.24, 2.45) is 11.7 Å². The topological polar surface area (TPSA) is 128 Å². The summed E-state index contributed by atoms with van der Waals surface area (Å²) in [6.45, 7) is 2.81. The van der Waals surface area contributed by atoms with Crippen LogP contribution in [0.4, 0.5) is 5.82 Å². The molecular weight excluding hydrogens is 518 g/mol. The number of pyridine rings is 1. The van der Waals surface area contributed by atoms with E-state index < -0.39 is 11.9 Å². The number of hydrogen-bond donors (Lipinski definition) is 2. The molecule has 2 fully saturated rings. The smallest absolute Gasteiger partial charge is 0.250 e. The second kappa shape index (κ2) is 9.87. The Morgan fingerprint density at radius 2 is 2.00 bits per heavy atom. The maximum Gasteiger partial charge on any atom is 0.250 e. The van der Waals surface area contributed by atoms with Gasteiger partial charge in [0.05, 0.1) is 17.5 Å². The Labute approximate surface area is 237 Å². The second-order valence-corrected chi connectivity index (χ2v) is 11.6. The Kier molecular flexibility index (Phi) is 6.13. The zero-order valence-corrected chi connectivity index (χ0v) is 23.0. The molecule has 2 aliphatic heterocycles. The van der Waals surface area contributed by atoms with Gasteiger partial charge >= 0.3 is 0 Å². The normalized spacial score (nSPS) is 21.3. The fraction of sp³-hybridized carbons (Fsp3) is 0.387. The van der Waals surface area contributed by atoms with Gasteiger partial charge in [-0.05, 0) is 69.2 Å². The Bertz CT molecular complexity index is 1700. The zero-order valence-electron chi connectivity index (χ0n) is 23.0. The SMILES string of the molecule is Cc1cccc(NC(=O)[C@@H]2C3CCC(C3)N2C(=O)Cn2cc(C(N)=O)c3cc(-c4cnc5n4CCCC5)ccc32)n1. The molecule has 3 atom stereocenters. The van der Waals surface area contributed by atoms with Crippen molar-refractivity contribution >= 4 is 34.4 Å². The van der Waals surface area contributed by atoms with E-state index in [-0.39, 0.29) is 30.3 Å². The molecule has 3 N–H and O–H groups in total. The summed E-state index contributed by atoms with van der Waals surface area (Å²) < 4.78 is 4.03. The number of anilines is 1.